The number of hydrogen-bond acceptors (Lipinski definition) is 5. The van der Waals surface area contributed by atoms with Crippen molar-refractivity contribution >= 4 is 17.3 Å². The summed E-state index contributed by atoms with van der Waals surface area (Å²) in [7, 11) is 0. The Morgan fingerprint density at radius 3 is 2.79 bits per heavy atom. The molecule has 2 aromatic carbocycles. The van der Waals surface area contributed by atoms with Crippen LogP contribution in [0.5, 0.6) is 0 Å². The molecule has 1 amide bonds. The molecule has 7 heteroatoms. The van der Waals surface area contributed by atoms with Crippen LogP contribution in [-0.4, -0.2) is 27.7 Å². The van der Waals surface area contributed by atoms with Gasteiger partial charge in [0.15, 0.2) is 0 Å². The summed E-state index contributed by atoms with van der Waals surface area (Å²) in [4.78, 5) is 26.3. The van der Waals surface area contributed by atoms with E-state index >= 15 is 0 Å². The first kappa shape index (κ1) is 17.8. The SMILES string of the molecule is Cc1nccc(-c2cccc(NC(=O)[C@@H]3CC(c4cccc(F)c4)=NO3)c2)n1. The second-order valence-corrected chi connectivity index (χ2v) is 6.41. The first-order valence-corrected chi connectivity index (χ1v) is 8.78. The number of aryl methyl sites for hydroxylation is 1. The van der Waals surface area contributed by atoms with Crippen LogP contribution >= 0.6 is 0 Å². The summed E-state index contributed by atoms with van der Waals surface area (Å²) in [6.07, 6.45) is 1.21. The van der Waals surface area contributed by atoms with Crippen LogP contribution in [0, 0.1) is 12.7 Å². The van der Waals surface area contributed by atoms with Gasteiger partial charge in [0.25, 0.3) is 5.91 Å². The molecular formula is C21H17FN4O2. The highest BCUT2D eigenvalue weighted by Crippen LogP contribution is 2.23. The lowest BCUT2D eigenvalue weighted by Crippen LogP contribution is -2.28. The van der Waals surface area contributed by atoms with Crippen LogP contribution in [0.3, 0.4) is 0 Å². The Hall–Kier alpha value is -3.61. The Kier molecular flexibility index (Phi) is 4.80. The van der Waals surface area contributed by atoms with E-state index in [1.165, 1.54) is 12.1 Å². The topological polar surface area (TPSA) is 76.5 Å². The largest absolute Gasteiger partial charge is 0.382 e. The predicted molar refractivity (Wildman–Crippen MR) is 103 cm³/mol. The Morgan fingerprint density at radius 2 is 1.96 bits per heavy atom. The normalized spacial score (nSPS) is 15.6. The molecule has 1 aromatic heterocycles. The summed E-state index contributed by atoms with van der Waals surface area (Å²) in [5, 5.41) is 6.78. The lowest BCUT2D eigenvalue weighted by molar-refractivity contribution is -0.125. The van der Waals surface area contributed by atoms with Gasteiger partial charge in [0.1, 0.15) is 11.6 Å². The van der Waals surface area contributed by atoms with Crippen LogP contribution in [0.2, 0.25) is 0 Å². The second-order valence-electron chi connectivity index (χ2n) is 6.41. The lowest BCUT2D eigenvalue weighted by Gasteiger charge is -2.11. The lowest BCUT2D eigenvalue weighted by atomic mass is 10.0. The number of aromatic nitrogens is 2. The van der Waals surface area contributed by atoms with Crippen LogP contribution in [0.1, 0.15) is 17.8 Å². The Balaban J connectivity index is 1.44. The van der Waals surface area contributed by atoms with Crippen molar-refractivity contribution in [3.8, 4) is 11.3 Å². The van der Waals surface area contributed by atoms with E-state index in [-0.39, 0.29) is 18.1 Å². The molecule has 1 N–H and O–H groups in total. The maximum Gasteiger partial charge on any atom is 0.268 e. The number of halogens is 1. The number of nitrogens with one attached hydrogen (secondary N) is 1. The van der Waals surface area contributed by atoms with E-state index in [0.29, 0.717) is 22.8 Å². The highest BCUT2D eigenvalue weighted by atomic mass is 19.1. The van der Waals surface area contributed by atoms with Gasteiger partial charge in [0.05, 0.1) is 11.4 Å². The smallest absolute Gasteiger partial charge is 0.268 e. The van der Waals surface area contributed by atoms with Crippen LogP contribution in [0.15, 0.2) is 65.9 Å². The molecule has 0 fully saturated rings. The van der Waals surface area contributed by atoms with Crippen molar-refractivity contribution in [2.75, 3.05) is 5.32 Å². The molecule has 6 nitrogen and oxygen atoms in total. The third-order valence-corrected chi connectivity index (χ3v) is 4.32. The zero-order chi connectivity index (χ0) is 19.5. The molecule has 0 spiro atoms. The average Bonchev–Trinajstić information content (AvgIpc) is 3.19. The molecule has 1 aliphatic rings. The molecule has 140 valence electrons. The van der Waals surface area contributed by atoms with Gasteiger partial charge in [-0.1, -0.05) is 29.4 Å². The number of anilines is 1. The number of carbonyl (C=O) groups excluding carboxylic acids is 1. The Labute approximate surface area is 161 Å². The van der Waals surface area contributed by atoms with Crippen LogP contribution in [0.4, 0.5) is 10.1 Å². The third-order valence-electron chi connectivity index (χ3n) is 4.32. The van der Waals surface area contributed by atoms with E-state index in [9.17, 15) is 9.18 Å². The molecule has 1 atom stereocenters. The monoisotopic (exact) mass is 376 g/mol. The maximum atomic E-state index is 13.4. The number of benzene rings is 2. The van der Waals surface area contributed by atoms with Gasteiger partial charge in [0, 0.05) is 29.4 Å². The Morgan fingerprint density at radius 1 is 1.14 bits per heavy atom. The minimum Gasteiger partial charge on any atom is -0.382 e. The molecule has 0 radical (unpaired) electrons. The van der Waals surface area contributed by atoms with Gasteiger partial charge >= 0.3 is 0 Å². The summed E-state index contributed by atoms with van der Waals surface area (Å²) in [6, 6.07) is 15.3. The number of carbonyl (C=O) groups is 1. The highest BCUT2D eigenvalue weighted by molar-refractivity contribution is 6.06. The van der Waals surface area contributed by atoms with Gasteiger partial charge in [-0.3, -0.25) is 4.79 Å². The van der Waals surface area contributed by atoms with Gasteiger partial charge in [-0.05, 0) is 37.3 Å². The highest BCUT2D eigenvalue weighted by Gasteiger charge is 2.29. The first-order chi connectivity index (χ1) is 13.6. The summed E-state index contributed by atoms with van der Waals surface area (Å²) >= 11 is 0. The average molecular weight is 376 g/mol. The molecular weight excluding hydrogens is 359 g/mol. The minimum atomic E-state index is -0.761. The predicted octanol–water partition coefficient (Wildman–Crippen LogP) is 3.72. The van der Waals surface area contributed by atoms with Crippen LogP contribution < -0.4 is 5.32 Å². The van der Waals surface area contributed by atoms with Crippen molar-refractivity contribution in [2.24, 2.45) is 5.16 Å². The zero-order valence-electron chi connectivity index (χ0n) is 15.1. The molecule has 0 saturated heterocycles. The number of hydrogen-bond donors (Lipinski definition) is 1. The van der Waals surface area contributed by atoms with Crippen molar-refractivity contribution in [3.05, 3.63) is 78.0 Å². The van der Waals surface area contributed by atoms with E-state index in [1.807, 2.05) is 31.2 Å². The number of nitrogens with zero attached hydrogens (tertiary/aromatic N) is 3. The van der Waals surface area contributed by atoms with E-state index in [0.717, 1.165) is 11.3 Å². The molecule has 0 aliphatic carbocycles. The minimum absolute atomic E-state index is 0.278. The van der Waals surface area contributed by atoms with Crippen LogP contribution in [0.25, 0.3) is 11.3 Å². The van der Waals surface area contributed by atoms with Gasteiger partial charge < -0.3 is 10.2 Å². The number of oxime groups is 1. The van der Waals surface area contributed by atoms with Crippen molar-refractivity contribution in [1.82, 2.24) is 9.97 Å². The zero-order valence-corrected chi connectivity index (χ0v) is 15.1. The fraction of sp³-hybridized carbons (Fsp3) is 0.143. The van der Waals surface area contributed by atoms with Crippen LogP contribution in [-0.2, 0) is 9.63 Å². The van der Waals surface area contributed by atoms with Gasteiger partial charge in [-0.2, -0.15) is 0 Å². The summed E-state index contributed by atoms with van der Waals surface area (Å²) < 4.78 is 13.4. The van der Waals surface area contributed by atoms with Crippen molar-refractivity contribution in [3.63, 3.8) is 0 Å². The van der Waals surface area contributed by atoms with E-state index in [4.69, 9.17) is 4.84 Å². The first-order valence-electron chi connectivity index (χ1n) is 8.78. The fourth-order valence-corrected chi connectivity index (χ4v) is 2.95. The third kappa shape index (κ3) is 3.88. The molecule has 4 rings (SSSR count). The molecule has 1 aliphatic heterocycles. The van der Waals surface area contributed by atoms with Crippen molar-refractivity contribution < 1.29 is 14.0 Å². The summed E-state index contributed by atoms with van der Waals surface area (Å²) in [5.41, 5.74) is 3.42. The summed E-state index contributed by atoms with van der Waals surface area (Å²) in [5.74, 6) is 0.00404. The molecule has 2 heterocycles. The fourth-order valence-electron chi connectivity index (χ4n) is 2.95. The van der Waals surface area contributed by atoms with Gasteiger partial charge in [-0.15, -0.1) is 0 Å². The number of rotatable bonds is 4. The molecule has 28 heavy (non-hydrogen) atoms. The second kappa shape index (κ2) is 7.56. The van der Waals surface area contributed by atoms with Crippen molar-refractivity contribution in [2.45, 2.75) is 19.4 Å². The van der Waals surface area contributed by atoms with E-state index < -0.39 is 6.10 Å². The standard InChI is InChI=1S/C21H17FN4O2/c1-13-23-9-8-18(24-13)15-5-3-7-17(11-15)25-21(27)20-12-19(26-28-20)14-4-2-6-16(22)10-14/h2-11,20H,12H2,1H3,(H,25,27)/t20-/m0/s1. The molecule has 0 unspecified atom stereocenters. The van der Waals surface area contributed by atoms with Crippen molar-refractivity contribution in [1.29, 1.82) is 0 Å². The quantitative estimate of drug-likeness (QED) is 0.753. The number of amides is 1. The van der Waals surface area contributed by atoms with Gasteiger partial charge in [0.2, 0.25) is 6.10 Å². The molecule has 0 saturated carbocycles. The van der Waals surface area contributed by atoms with E-state index in [1.54, 1.807) is 24.4 Å². The summed E-state index contributed by atoms with van der Waals surface area (Å²) in [6.45, 7) is 1.82. The van der Waals surface area contributed by atoms with E-state index in [2.05, 4.69) is 20.4 Å². The molecule has 3 aromatic rings. The molecule has 0 bridgehead atoms. The Bertz CT molecular complexity index is 1070. The maximum absolute atomic E-state index is 13.4. The van der Waals surface area contributed by atoms with Gasteiger partial charge in [-0.25, -0.2) is 14.4 Å².